The molecule has 4 rings (SSSR count). The van der Waals surface area contributed by atoms with Crippen LogP contribution in [0, 0.1) is 12.7 Å². The Balaban J connectivity index is 1.97. The molecule has 0 spiro atoms. The topological polar surface area (TPSA) is 66.8 Å². The summed E-state index contributed by atoms with van der Waals surface area (Å²) in [6, 6.07) is 14.2. The van der Waals surface area contributed by atoms with E-state index in [-0.39, 0.29) is 27.6 Å². The number of carbonyl (C=O) groups excluding carboxylic acids is 2. The Hall–Kier alpha value is -3.16. The standard InChI is InChI=1S/C25H18BrClFNO4/c1-13-11-14(7-9-17(13)26)23(30)21-22(16-5-3-4-6-19(16)28)29(25(32)24(21)31)15-8-10-20(33-2)18(27)12-15/h3-12,22,30H,1-2H3/b23-21+. The zero-order valence-corrected chi connectivity index (χ0v) is 19.9. The number of nitrogens with zero attached hydrogens (tertiary/aromatic N) is 1. The van der Waals surface area contributed by atoms with Crippen molar-refractivity contribution in [3.8, 4) is 5.75 Å². The molecule has 1 atom stereocenters. The molecule has 1 aliphatic heterocycles. The van der Waals surface area contributed by atoms with Crippen LogP contribution in [0.25, 0.3) is 5.76 Å². The first kappa shape index (κ1) is 23.0. The maximum atomic E-state index is 14.9. The Morgan fingerprint density at radius 1 is 1.12 bits per heavy atom. The third-order valence-corrected chi connectivity index (χ3v) is 6.67. The third kappa shape index (κ3) is 4.03. The highest BCUT2D eigenvalue weighted by Gasteiger charge is 2.48. The molecule has 1 fully saturated rings. The Bertz CT molecular complexity index is 1320. The molecule has 1 heterocycles. The van der Waals surface area contributed by atoms with E-state index in [1.54, 1.807) is 36.4 Å². The minimum Gasteiger partial charge on any atom is -0.507 e. The van der Waals surface area contributed by atoms with Gasteiger partial charge in [-0.25, -0.2) is 4.39 Å². The van der Waals surface area contributed by atoms with Crippen LogP contribution in [0.15, 0.2) is 70.7 Å². The van der Waals surface area contributed by atoms with Crippen LogP contribution in [0.4, 0.5) is 10.1 Å². The normalized spacial score (nSPS) is 17.5. The number of ketones is 1. The summed E-state index contributed by atoms with van der Waals surface area (Å²) in [6.45, 7) is 1.83. The number of hydrogen-bond acceptors (Lipinski definition) is 4. The summed E-state index contributed by atoms with van der Waals surface area (Å²) in [7, 11) is 1.45. The summed E-state index contributed by atoms with van der Waals surface area (Å²) in [5, 5.41) is 11.4. The molecule has 1 saturated heterocycles. The van der Waals surface area contributed by atoms with Gasteiger partial charge < -0.3 is 9.84 Å². The molecule has 1 N–H and O–H groups in total. The minimum atomic E-state index is -1.19. The molecule has 0 radical (unpaired) electrons. The van der Waals surface area contributed by atoms with Gasteiger partial charge in [0, 0.05) is 21.3 Å². The second-order valence-electron chi connectivity index (χ2n) is 7.47. The number of methoxy groups -OCH3 is 1. The van der Waals surface area contributed by atoms with Gasteiger partial charge in [0.1, 0.15) is 17.3 Å². The number of aryl methyl sites for hydroxylation is 1. The van der Waals surface area contributed by atoms with Gasteiger partial charge in [0.25, 0.3) is 11.7 Å². The molecule has 33 heavy (non-hydrogen) atoms. The lowest BCUT2D eigenvalue weighted by Crippen LogP contribution is -2.29. The van der Waals surface area contributed by atoms with Gasteiger partial charge in [0.2, 0.25) is 0 Å². The maximum absolute atomic E-state index is 14.9. The van der Waals surface area contributed by atoms with E-state index in [1.807, 2.05) is 6.92 Å². The molecule has 3 aromatic carbocycles. The number of halogens is 3. The van der Waals surface area contributed by atoms with Crippen molar-refractivity contribution in [2.45, 2.75) is 13.0 Å². The zero-order valence-electron chi connectivity index (χ0n) is 17.6. The highest BCUT2D eigenvalue weighted by atomic mass is 79.9. The number of amides is 1. The van der Waals surface area contributed by atoms with E-state index < -0.39 is 23.5 Å². The molecule has 5 nitrogen and oxygen atoms in total. The first-order valence-electron chi connectivity index (χ1n) is 9.90. The molecular weight excluding hydrogens is 513 g/mol. The number of Topliss-reactive ketones (excluding diaryl/α,β-unsaturated/α-hetero) is 1. The molecule has 8 heteroatoms. The van der Waals surface area contributed by atoms with E-state index in [0.29, 0.717) is 11.3 Å². The van der Waals surface area contributed by atoms with Gasteiger partial charge >= 0.3 is 0 Å². The van der Waals surface area contributed by atoms with Crippen molar-refractivity contribution >= 4 is 50.7 Å². The van der Waals surface area contributed by atoms with Crippen molar-refractivity contribution in [3.63, 3.8) is 0 Å². The number of benzene rings is 3. The van der Waals surface area contributed by atoms with Crippen LogP contribution in [0.5, 0.6) is 5.75 Å². The van der Waals surface area contributed by atoms with Gasteiger partial charge in [0.15, 0.2) is 0 Å². The third-order valence-electron chi connectivity index (χ3n) is 5.49. The lowest BCUT2D eigenvalue weighted by atomic mass is 9.94. The summed E-state index contributed by atoms with van der Waals surface area (Å²) in [4.78, 5) is 27.5. The number of carbonyl (C=O) groups is 2. The van der Waals surface area contributed by atoms with E-state index in [0.717, 1.165) is 14.9 Å². The van der Waals surface area contributed by atoms with Crippen molar-refractivity contribution in [1.82, 2.24) is 0 Å². The van der Waals surface area contributed by atoms with Gasteiger partial charge in [-0.05, 0) is 48.9 Å². The molecular formula is C25H18BrClFNO4. The Morgan fingerprint density at radius 3 is 2.48 bits per heavy atom. The van der Waals surface area contributed by atoms with E-state index in [2.05, 4.69) is 15.9 Å². The van der Waals surface area contributed by atoms with E-state index >= 15 is 0 Å². The van der Waals surface area contributed by atoms with Crippen molar-refractivity contribution in [3.05, 3.63) is 98.2 Å². The molecule has 1 unspecified atom stereocenters. The van der Waals surface area contributed by atoms with Crippen LogP contribution in [-0.4, -0.2) is 23.9 Å². The van der Waals surface area contributed by atoms with Crippen molar-refractivity contribution in [2.75, 3.05) is 12.0 Å². The summed E-state index contributed by atoms with van der Waals surface area (Å²) < 4.78 is 20.9. The van der Waals surface area contributed by atoms with Crippen molar-refractivity contribution in [2.24, 2.45) is 0 Å². The molecule has 0 saturated carbocycles. The molecule has 0 aromatic heterocycles. The molecule has 0 bridgehead atoms. The van der Waals surface area contributed by atoms with Crippen LogP contribution in [0.3, 0.4) is 0 Å². The monoisotopic (exact) mass is 529 g/mol. The fourth-order valence-corrected chi connectivity index (χ4v) is 4.34. The Morgan fingerprint density at radius 2 is 1.85 bits per heavy atom. The van der Waals surface area contributed by atoms with Crippen molar-refractivity contribution < 1.29 is 23.8 Å². The molecule has 1 aliphatic rings. The highest BCUT2D eigenvalue weighted by Crippen LogP contribution is 2.44. The van der Waals surface area contributed by atoms with E-state index in [4.69, 9.17) is 16.3 Å². The van der Waals surface area contributed by atoms with Crippen molar-refractivity contribution in [1.29, 1.82) is 0 Å². The average Bonchev–Trinajstić information content (AvgIpc) is 3.05. The van der Waals surface area contributed by atoms with Crippen LogP contribution in [0.2, 0.25) is 5.02 Å². The number of anilines is 1. The first-order chi connectivity index (χ1) is 15.7. The lowest BCUT2D eigenvalue weighted by molar-refractivity contribution is -0.132. The van der Waals surface area contributed by atoms with Crippen LogP contribution in [-0.2, 0) is 9.59 Å². The predicted octanol–water partition coefficient (Wildman–Crippen LogP) is 6.18. The Kier molecular flexibility index (Phi) is 6.28. The largest absolute Gasteiger partial charge is 0.507 e. The van der Waals surface area contributed by atoms with Crippen LogP contribution >= 0.6 is 27.5 Å². The van der Waals surface area contributed by atoms with E-state index in [1.165, 1.54) is 31.4 Å². The molecule has 1 amide bonds. The number of rotatable bonds is 4. The quantitative estimate of drug-likeness (QED) is 0.248. The van der Waals surface area contributed by atoms with Crippen LogP contribution < -0.4 is 9.64 Å². The molecule has 0 aliphatic carbocycles. The number of aliphatic hydroxyl groups excluding tert-OH is 1. The van der Waals surface area contributed by atoms with Gasteiger partial charge in [-0.2, -0.15) is 0 Å². The average molecular weight is 531 g/mol. The van der Waals surface area contributed by atoms with Gasteiger partial charge in [-0.1, -0.05) is 51.8 Å². The first-order valence-corrected chi connectivity index (χ1v) is 11.1. The summed E-state index contributed by atoms with van der Waals surface area (Å²) in [5.74, 6) is -2.45. The Labute approximate surface area is 203 Å². The number of hydrogen-bond donors (Lipinski definition) is 1. The smallest absolute Gasteiger partial charge is 0.300 e. The number of ether oxygens (including phenoxy) is 1. The summed E-state index contributed by atoms with van der Waals surface area (Å²) in [5.41, 5.74) is 1.28. The molecule has 3 aromatic rings. The summed E-state index contributed by atoms with van der Waals surface area (Å²) >= 11 is 9.66. The van der Waals surface area contributed by atoms with Gasteiger partial charge in [-0.15, -0.1) is 0 Å². The zero-order chi connectivity index (χ0) is 23.9. The highest BCUT2D eigenvalue weighted by molar-refractivity contribution is 9.10. The fraction of sp³-hybridized carbons (Fsp3) is 0.120. The van der Waals surface area contributed by atoms with Gasteiger partial charge in [-0.3, -0.25) is 14.5 Å². The maximum Gasteiger partial charge on any atom is 0.300 e. The second-order valence-corrected chi connectivity index (χ2v) is 8.73. The van der Waals surface area contributed by atoms with Crippen LogP contribution in [0.1, 0.15) is 22.7 Å². The fourth-order valence-electron chi connectivity index (χ4n) is 3.84. The second kappa shape index (κ2) is 9.00. The molecule has 168 valence electrons. The van der Waals surface area contributed by atoms with E-state index in [9.17, 15) is 19.1 Å². The minimum absolute atomic E-state index is 0.0685. The lowest BCUT2D eigenvalue weighted by Gasteiger charge is -2.26. The number of aliphatic hydroxyl groups is 1. The SMILES string of the molecule is COc1ccc(N2C(=O)C(=O)/C(=C(/O)c3ccc(Br)c(C)c3)C2c2ccccc2F)cc1Cl. The van der Waals surface area contributed by atoms with Gasteiger partial charge in [0.05, 0.1) is 23.7 Å². The predicted molar refractivity (Wildman–Crippen MR) is 128 cm³/mol. The summed E-state index contributed by atoms with van der Waals surface area (Å²) in [6.07, 6.45) is 0.